The molecule has 3 N–H and O–H groups in total. The molecule has 1 spiro atoms. The van der Waals surface area contributed by atoms with E-state index in [1.54, 1.807) is 18.8 Å². The van der Waals surface area contributed by atoms with E-state index < -0.39 is 22.6 Å². The number of hydrogen-bond acceptors (Lipinski definition) is 5. The minimum absolute atomic E-state index is 0.126. The number of β-amino-alcohol motifs (C(OH)–C–C–N with tert-alkyl or cyclic N) is 1. The van der Waals surface area contributed by atoms with E-state index >= 15 is 0 Å². The summed E-state index contributed by atoms with van der Waals surface area (Å²) in [6.45, 7) is 4.61. The zero-order chi connectivity index (χ0) is 19.1. The van der Waals surface area contributed by atoms with Crippen LogP contribution < -0.4 is 10.6 Å². The summed E-state index contributed by atoms with van der Waals surface area (Å²) >= 11 is 1.65. The summed E-state index contributed by atoms with van der Waals surface area (Å²) in [7, 11) is 1.59. The van der Waals surface area contributed by atoms with Gasteiger partial charge in [0.1, 0.15) is 6.04 Å². The average molecular weight is 384 g/mol. The van der Waals surface area contributed by atoms with Crippen molar-refractivity contribution in [3.8, 4) is 0 Å². The van der Waals surface area contributed by atoms with Gasteiger partial charge in [-0.25, -0.2) is 0 Å². The van der Waals surface area contributed by atoms with Crippen LogP contribution in [0.1, 0.15) is 39.5 Å². The quantitative estimate of drug-likeness (QED) is 0.543. The molecule has 3 fully saturated rings. The number of aliphatic hydroxyl groups is 1. The van der Waals surface area contributed by atoms with Gasteiger partial charge in [-0.1, -0.05) is 13.3 Å². The number of unbranched alkanes of at least 4 members (excludes halogenated alkanes) is 1. The Morgan fingerprint density at radius 2 is 2.08 bits per heavy atom. The van der Waals surface area contributed by atoms with Gasteiger partial charge in [0.2, 0.25) is 17.7 Å². The van der Waals surface area contributed by atoms with E-state index in [1.807, 2.05) is 6.92 Å². The maximum atomic E-state index is 13.2. The predicted molar refractivity (Wildman–Crippen MR) is 99.5 cm³/mol. The number of nitrogens with zero attached hydrogens (tertiary/aromatic N) is 1. The maximum Gasteiger partial charge on any atom is 0.244 e. The van der Waals surface area contributed by atoms with Gasteiger partial charge >= 0.3 is 0 Å². The molecule has 3 saturated heterocycles. The molecule has 0 radical (unpaired) electrons. The third kappa shape index (κ3) is 2.64. The molecule has 8 heteroatoms. The molecule has 5 atom stereocenters. The van der Waals surface area contributed by atoms with Gasteiger partial charge in [-0.3, -0.25) is 14.4 Å². The lowest BCUT2D eigenvalue weighted by atomic mass is 9.66. The Bertz CT molecular complexity index is 615. The molecule has 0 aromatic heterocycles. The first-order valence-electron chi connectivity index (χ1n) is 9.47. The molecular weight excluding hydrogens is 354 g/mol. The van der Waals surface area contributed by atoms with Crippen LogP contribution in [-0.4, -0.2) is 70.0 Å². The van der Waals surface area contributed by atoms with Crippen molar-refractivity contribution >= 4 is 29.5 Å². The number of aliphatic hydroxyl groups excluding tert-OH is 1. The van der Waals surface area contributed by atoms with Crippen LogP contribution in [0.25, 0.3) is 0 Å². The van der Waals surface area contributed by atoms with E-state index in [1.165, 1.54) is 4.90 Å². The fourth-order valence-electron chi connectivity index (χ4n) is 5.12. The van der Waals surface area contributed by atoms with E-state index in [0.29, 0.717) is 6.54 Å². The first kappa shape index (κ1) is 19.5. The van der Waals surface area contributed by atoms with E-state index in [2.05, 4.69) is 17.6 Å². The molecule has 7 nitrogen and oxygen atoms in total. The second-order valence-electron chi connectivity index (χ2n) is 7.74. The molecule has 3 aliphatic heterocycles. The first-order chi connectivity index (χ1) is 12.4. The monoisotopic (exact) mass is 383 g/mol. The topological polar surface area (TPSA) is 98.7 Å². The van der Waals surface area contributed by atoms with Crippen LogP contribution >= 0.6 is 11.8 Å². The molecule has 0 aromatic carbocycles. The standard InChI is InChI=1S/C18H29N3O4S/c1-4-5-8-20-15(24)13-18-7-6-17(2,26-18)11(14(23)19-3)12(18)16(25)21(13)9-10-22/h11-13,22H,4-10H2,1-3H3,(H,19,23)(H,20,24)/t11-,12-,13?,17+,18?/m0/s1. The van der Waals surface area contributed by atoms with E-state index in [-0.39, 0.29) is 35.6 Å². The number of hydrogen-bond donors (Lipinski definition) is 3. The highest BCUT2D eigenvalue weighted by Gasteiger charge is 2.76. The average Bonchev–Trinajstić information content (AvgIpc) is 3.16. The molecule has 2 unspecified atom stereocenters. The molecule has 3 rings (SSSR count). The maximum absolute atomic E-state index is 13.2. The molecule has 3 amide bonds. The molecule has 0 saturated carbocycles. The van der Waals surface area contributed by atoms with Crippen molar-refractivity contribution in [1.82, 2.24) is 15.5 Å². The second-order valence-corrected chi connectivity index (χ2v) is 9.64. The molecule has 0 aromatic rings. The molecular formula is C18H29N3O4S. The third-order valence-electron chi connectivity index (χ3n) is 6.22. The Hall–Kier alpha value is -1.28. The Labute approximate surface area is 158 Å². The van der Waals surface area contributed by atoms with Crippen molar-refractivity contribution in [2.24, 2.45) is 11.8 Å². The Kier molecular flexibility index (Phi) is 5.27. The normalized spacial score (nSPS) is 37.8. The van der Waals surface area contributed by atoms with Gasteiger partial charge in [0.15, 0.2) is 0 Å². The first-order valence-corrected chi connectivity index (χ1v) is 10.3. The largest absolute Gasteiger partial charge is 0.395 e. The lowest BCUT2D eigenvalue weighted by molar-refractivity contribution is -0.140. The van der Waals surface area contributed by atoms with Crippen molar-refractivity contribution in [1.29, 1.82) is 0 Å². The number of amides is 3. The third-order valence-corrected chi connectivity index (χ3v) is 8.21. The molecule has 3 aliphatic rings. The van der Waals surface area contributed by atoms with Gasteiger partial charge in [-0.15, -0.1) is 11.8 Å². The van der Waals surface area contributed by atoms with Crippen molar-refractivity contribution in [2.45, 2.75) is 55.1 Å². The summed E-state index contributed by atoms with van der Waals surface area (Å²) < 4.78 is -0.901. The number of rotatable bonds is 7. The summed E-state index contributed by atoms with van der Waals surface area (Å²) in [5.41, 5.74) is 0. The van der Waals surface area contributed by atoms with Crippen LogP contribution in [0.5, 0.6) is 0 Å². The Morgan fingerprint density at radius 3 is 2.69 bits per heavy atom. The van der Waals surface area contributed by atoms with E-state index in [9.17, 15) is 19.5 Å². The summed E-state index contributed by atoms with van der Waals surface area (Å²) in [6, 6.07) is -0.620. The Morgan fingerprint density at radius 1 is 1.35 bits per heavy atom. The van der Waals surface area contributed by atoms with Gasteiger partial charge in [0.05, 0.1) is 23.2 Å². The number of carbonyl (C=O) groups excluding carboxylic acids is 3. The van der Waals surface area contributed by atoms with Crippen LogP contribution in [0.2, 0.25) is 0 Å². The molecule has 3 heterocycles. The fourth-order valence-corrected chi connectivity index (χ4v) is 7.47. The minimum Gasteiger partial charge on any atom is -0.395 e. The van der Waals surface area contributed by atoms with E-state index in [0.717, 1.165) is 25.7 Å². The van der Waals surface area contributed by atoms with Crippen molar-refractivity contribution in [2.75, 3.05) is 26.7 Å². The van der Waals surface area contributed by atoms with Crippen molar-refractivity contribution in [3.63, 3.8) is 0 Å². The number of carbonyl (C=O) groups is 3. The zero-order valence-corrected chi connectivity index (χ0v) is 16.5. The number of fused-ring (bicyclic) bond motifs is 1. The molecule has 2 bridgehead atoms. The van der Waals surface area contributed by atoms with Crippen LogP contribution in [0.3, 0.4) is 0 Å². The molecule has 26 heavy (non-hydrogen) atoms. The van der Waals surface area contributed by atoms with Crippen molar-refractivity contribution in [3.05, 3.63) is 0 Å². The number of likely N-dealkylation sites (tertiary alicyclic amines) is 1. The predicted octanol–water partition coefficient (Wildman–Crippen LogP) is 0.122. The molecule has 0 aliphatic carbocycles. The van der Waals surface area contributed by atoms with E-state index in [4.69, 9.17) is 0 Å². The number of nitrogens with one attached hydrogen (secondary N) is 2. The van der Waals surface area contributed by atoms with Gasteiger partial charge in [0.25, 0.3) is 0 Å². The number of thioether (sulfide) groups is 1. The van der Waals surface area contributed by atoms with Gasteiger partial charge in [0, 0.05) is 24.9 Å². The van der Waals surface area contributed by atoms with Gasteiger partial charge in [-0.05, 0) is 26.2 Å². The van der Waals surface area contributed by atoms with Crippen molar-refractivity contribution < 1.29 is 19.5 Å². The highest BCUT2D eigenvalue weighted by molar-refractivity contribution is 8.02. The Balaban J connectivity index is 1.97. The summed E-state index contributed by atoms with van der Waals surface area (Å²) in [4.78, 5) is 40.4. The summed E-state index contributed by atoms with van der Waals surface area (Å²) in [5, 5.41) is 15.1. The second kappa shape index (κ2) is 7.03. The van der Waals surface area contributed by atoms with Gasteiger partial charge in [-0.2, -0.15) is 0 Å². The fraction of sp³-hybridized carbons (Fsp3) is 0.833. The van der Waals surface area contributed by atoms with Gasteiger partial charge < -0.3 is 20.6 Å². The van der Waals surface area contributed by atoms with Crippen LogP contribution in [0.4, 0.5) is 0 Å². The van der Waals surface area contributed by atoms with Crippen LogP contribution in [-0.2, 0) is 14.4 Å². The lowest BCUT2D eigenvalue weighted by Crippen LogP contribution is -2.54. The van der Waals surface area contributed by atoms with Crippen LogP contribution in [0, 0.1) is 11.8 Å². The smallest absolute Gasteiger partial charge is 0.244 e. The summed E-state index contributed by atoms with van der Waals surface area (Å²) in [6.07, 6.45) is 3.41. The highest BCUT2D eigenvalue weighted by Crippen LogP contribution is 2.71. The molecule has 146 valence electrons. The van der Waals surface area contributed by atoms with Crippen LogP contribution in [0.15, 0.2) is 0 Å². The highest BCUT2D eigenvalue weighted by atomic mass is 32.2. The minimum atomic E-state index is -0.620. The lowest BCUT2D eigenvalue weighted by Gasteiger charge is -2.34. The summed E-state index contributed by atoms with van der Waals surface area (Å²) in [5.74, 6) is -1.39. The SMILES string of the molecule is CCCCNC(=O)C1N(CCO)C(=O)[C@@H]2[C@@H](C(=O)NC)[C@@]3(C)CCC12S3. The zero-order valence-electron chi connectivity index (χ0n) is 15.7.